The fourth-order valence-electron chi connectivity index (χ4n) is 1.89. The molecule has 2 rings (SSSR count). The summed E-state index contributed by atoms with van der Waals surface area (Å²) in [6, 6.07) is 4.05. The van der Waals surface area contributed by atoms with Crippen LogP contribution in [-0.2, 0) is 0 Å². The molecule has 1 aliphatic rings. The standard InChI is InChI=1S/C11H16N2O/c1-14-11-5-4-10(8-13-11)9-3-2-6-12-7-9/h4-5,8-9,12H,2-3,6-7H2,1H3/t9-/m0/s1. The smallest absolute Gasteiger partial charge is 0.212 e. The Labute approximate surface area is 84.5 Å². The molecule has 1 atom stereocenters. The molecule has 1 fully saturated rings. The predicted molar refractivity (Wildman–Crippen MR) is 55.6 cm³/mol. The monoisotopic (exact) mass is 192 g/mol. The van der Waals surface area contributed by atoms with Crippen LogP contribution in [0.2, 0.25) is 0 Å². The minimum absolute atomic E-state index is 0.627. The zero-order valence-electron chi connectivity index (χ0n) is 8.49. The highest BCUT2D eigenvalue weighted by atomic mass is 16.5. The molecule has 3 nitrogen and oxygen atoms in total. The maximum atomic E-state index is 5.03. The van der Waals surface area contributed by atoms with Crippen molar-refractivity contribution in [2.45, 2.75) is 18.8 Å². The summed E-state index contributed by atoms with van der Waals surface area (Å²) in [5.41, 5.74) is 1.32. The van der Waals surface area contributed by atoms with Crippen molar-refractivity contribution in [3.8, 4) is 5.88 Å². The van der Waals surface area contributed by atoms with Crippen molar-refractivity contribution in [3.63, 3.8) is 0 Å². The molecule has 0 aliphatic carbocycles. The molecule has 0 spiro atoms. The lowest BCUT2D eigenvalue weighted by Gasteiger charge is -2.22. The summed E-state index contributed by atoms with van der Waals surface area (Å²) in [6.45, 7) is 2.23. The van der Waals surface area contributed by atoms with Crippen molar-refractivity contribution in [1.82, 2.24) is 10.3 Å². The lowest BCUT2D eigenvalue weighted by molar-refractivity contribution is 0.396. The van der Waals surface area contributed by atoms with Gasteiger partial charge in [0.05, 0.1) is 7.11 Å². The lowest BCUT2D eigenvalue weighted by Crippen LogP contribution is -2.28. The van der Waals surface area contributed by atoms with Crippen molar-refractivity contribution in [2.24, 2.45) is 0 Å². The van der Waals surface area contributed by atoms with Gasteiger partial charge in [0.25, 0.3) is 0 Å². The highest BCUT2D eigenvalue weighted by molar-refractivity contribution is 5.21. The predicted octanol–water partition coefficient (Wildman–Crippen LogP) is 1.56. The van der Waals surface area contributed by atoms with Crippen LogP contribution in [0.3, 0.4) is 0 Å². The van der Waals surface area contributed by atoms with Gasteiger partial charge in [0.2, 0.25) is 5.88 Å². The maximum absolute atomic E-state index is 5.03. The first-order valence-corrected chi connectivity index (χ1v) is 5.11. The highest BCUT2D eigenvalue weighted by Gasteiger charge is 2.14. The summed E-state index contributed by atoms with van der Waals surface area (Å²) in [6.07, 6.45) is 4.45. The second-order valence-electron chi connectivity index (χ2n) is 3.68. The Morgan fingerprint density at radius 2 is 2.43 bits per heavy atom. The minimum Gasteiger partial charge on any atom is -0.481 e. The van der Waals surface area contributed by atoms with E-state index in [4.69, 9.17) is 4.74 Å². The molecular formula is C11H16N2O. The maximum Gasteiger partial charge on any atom is 0.212 e. The van der Waals surface area contributed by atoms with Gasteiger partial charge < -0.3 is 10.1 Å². The Morgan fingerprint density at radius 1 is 1.50 bits per heavy atom. The molecule has 76 valence electrons. The van der Waals surface area contributed by atoms with Crippen LogP contribution < -0.4 is 10.1 Å². The molecule has 1 N–H and O–H groups in total. The highest BCUT2D eigenvalue weighted by Crippen LogP contribution is 2.23. The van der Waals surface area contributed by atoms with E-state index in [0.29, 0.717) is 11.8 Å². The fourth-order valence-corrected chi connectivity index (χ4v) is 1.89. The third-order valence-electron chi connectivity index (χ3n) is 2.74. The van der Waals surface area contributed by atoms with Crippen LogP contribution in [0.25, 0.3) is 0 Å². The van der Waals surface area contributed by atoms with Crippen molar-refractivity contribution >= 4 is 0 Å². The normalized spacial score (nSPS) is 21.9. The molecule has 0 amide bonds. The van der Waals surface area contributed by atoms with E-state index in [2.05, 4.69) is 16.4 Å². The molecule has 0 saturated carbocycles. The van der Waals surface area contributed by atoms with Crippen LogP contribution in [-0.4, -0.2) is 25.2 Å². The Balaban J connectivity index is 2.07. The lowest BCUT2D eigenvalue weighted by atomic mass is 9.93. The number of pyridine rings is 1. The molecule has 0 radical (unpaired) electrons. The SMILES string of the molecule is COc1ccc([C@H]2CCCNC2)cn1. The van der Waals surface area contributed by atoms with Crippen LogP contribution in [0, 0.1) is 0 Å². The summed E-state index contributed by atoms with van der Waals surface area (Å²) in [7, 11) is 1.64. The molecule has 3 heteroatoms. The van der Waals surface area contributed by atoms with Gasteiger partial charge in [-0.05, 0) is 30.9 Å². The number of ether oxygens (including phenoxy) is 1. The first-order valence-electron chi connectivity index (χ1n) is 5.11. The molecule has 1 aliphatic heterocycles. The number of hydrogen-bond acceptors (Lipinski definition) is 3. The van der Waals surface area contributed by atoms with E-state index in [9.17, 15) is 0 Å². The average Bonchev–Trinajstić information content (AvgIpc) is 2.30. The van der Waals surface area contributed by atoms with E-state index in [1.165, 1.54) is 18.4 Å². The average molecular weight is 192 g/mol. The second kappa shape index (κ2) is 4.42. The summed E-state index contributed by atoms with van der Waals surface area (Å²) in [5.74, 6) is 1.32. The fraction of sp³-hybridized carbons (Fsp3) is 0.545. The van der Waals surface area contributed by atoms with Crippen LogP contribution in [0.1, 0.15) is 24.3 Å². The first kappa shape index (κ1) is 9.46. The molecule has 1 aromatic rings. The molecule has 1 saturated heterocycles. The van der Waals surface area contributed by atoms with Gasteiger partial charge in [-0.25, -0.2) is 4.98 Å². The number of nitrogens with one attached hydrogen (secondary N) is 1. The van der Waals surface area contributed by atoms with Gasteiger partial charge in [-0.1, -0.05) is 6.07 Å². The summed E-state index contributed by atoms with van der Waals surface area (Å²) < 4.78 is 5.03. The molecule has 14 heavy (non-hydrogen) atoms. The van der Waals surface area contributed by atoms with Crippen LogP contribution in [0.15, 0.2) is 18.3 Å². The summed E-state index contributed by atoms with van der Waals surface area (Å²) in [4.78, 5) is 4.22. The van der Waals surface area contributed by atoms with Gasteiger partial charge in [0.1, 0.15) is 0 Å². The van der Waals surface area contributed by atoms with Crippen molar-refractivity contribution in [3.05, 3.63) is 23.9 Å². The van der Waals surface area contributed by atoms with E-state index < -0.39 is 0 Å². The van der Waals surface area contributed by atoms with Gasteiger partial charge in [-0.3, -0.25) is 0 Å². The van der Waals surface area contributed by atoms with Gasteiger partial charge >= 0.3 is 0 Å². The van der Waals surface area contributed by atoms with Crippen molar-refractivity contribution < 1.29 is 4.74 Å². The first-order chi connectivity index (χ1) is 6.90. The zero-order chi connectivity index (χ0) is 9.80. The molecule has 0 unspecified atom stereocenters. The van der Waals surface area contributed by atoms with Crippen LogP contribution in [0.5, 0.6) is 5.88 Å². The van der Waals surface area contributed by atoms with Crippen molar-refractivity contribution in [2.75, 3.05) is 20.2 Å². The second-order valence-corrected chi connectivity index (χ2v) is 3.68. The number of nitrogens with zero attached hydrogens (tertiary/aromatic N) is 1. The van der Waals surface area contributed by atoms with Gasteiger partial charge in [-0.2, -0.15) is 0 Å². The molecular weight excluding hydrogens is 176 g/mol. The van der Waals surface area contributed by atoms with E-state index in [1.54, 1.807) is 7.11 Å². The molecule has 2 heterocycles. The van der Waals surface area contributed by atoms with Gasteiger partial charge in [0, 0.05) is 18.8 Å². The van der Waals surface area contributed by atoms with E-state index in [0.717, 1.165) is 13.1 Å². The van der Waals surface area contributed by atoms with Gasteiger partial charge in [-0.15, -0.1) is 0 Å². The molecule has 1 aromatic heterocycles. The number of hydrogen-bond donors (Lipinski definition) is 1. The zero-order valence-corrected chi connectivity index (χ0v) is 8.49. The number of aromatic nitrogens is 1. The Bertz CT molecular complexity index is 278. The Kier molecular flexibility index (Phi) is 2.99. The van der Waals surface area contributed by atoms with E-state index in [-0.39, 0.29) is 0 Å². The molecule has 0 bridgehead atoms. The quantitative estimate of drug-likeness (QED) is 0.772. The van der Waals surface area contributed by atoms with Crippen molar-refractivity contribution in [1.29, 1.82) is 0 Å². The Hall–Kier alpha value is -1.09. The van der Waals surface area contributed by atoms with E-state index in [1.807, 2.05) is 12.3 Å². The summed E-state index contributed by atoms with van der Waals surface area (Å²) in [5, 5.41) is 3.40. The third kappa shape index (κ3) is 2.04. The largest absolute Gasteiger partial charge is 0.481 e. The third-order valence-corrected chi connectivity index (χ3v) is 2.74. The molecule has 0 aromatic carbocycles. The van der Waals surface area contributed by atoms with E-state index >= 15 is 0 Å². The van der Waals surface area contributed by atoms with Gasteiger partial charge in [0.15, 0.2) is 0 Å². The summed E-state index contributed by atoms with van der Waals surface area (Å²) >= 11 is 0. The minimum atomic E-state index is 0.627. The number of methoxy groups -OCH3 is 1. The van der Waals surface area contributed by atoms with Crippen LogP contribution in [0.4, 0.5) is 0 Å². The number of piperidine rings is 1. The van der Waals surface area contributed by atoms with Crippen LogP contribution >= 0.6 is 0 Å². The topological polar surface area (TPSA) is 34.1 Å². The Morgan fingerprint density at radius 3 is 3.00 bits per heavy atom. The number of rotatable bonds is 2.